The van der Waals surface area contributed by atoms with E-state index < -0.39 is 36.0 Å². The second-order valence-corrected chi connectivity index (χ2v) is 2.60. The highest BCUT2D eigenvalue weighted by molar-refractivity contribution is 5.95. The van der Waals surface area contributed by atoms with Crippen LogP contribution in [0, 0.1) is 0 Å². The van der Waals surface area contributed by atoms with E-state index in [-0.39, 0.29) is 0 Å². The van der Waals surface area contributed by atoms with Crippen LogP contribution in [0.15, 0.2) is 0 Å². The summed E-state index contributed by atoms with van der Waals surface area (Å²) in [6, 6.07) is 0. The third-order valence-electron chi connectivity index (χ3n) is 1.69. The molecular weight excluding hydrogens is 184 g/mol. The molecule has 0 aromatic carbocycles. The standard InChI is InChI=1S/C6H6O7/c7-2(8)1-6(5(11)12)3(13-6)4(9)10/h3H,1H2,(H,7,8)(H,9,10)(H,11,12)/t3-,6-/m1/s1. The lowest BCUT2D eigenvalue weighted by Gasteiger charge is -2.01. The Kier molecular flexibility index (Phi) is 1.96. The number of ether oxygens (including phenoxy) is 1. The Bertz CT molecular complexity index is 283. The number of hydrogen-bond donors (Lipinski definition) is 3. The maximum Gasteiger partial charge on any atom is 0.340 e. The molecule has 0 aromatic rings. The lowest BCUT2D eigenvalue weighted by Crippen LogP contribution is -2.32. The van der Waals surface area contributed by atoms with Gasteiger partial charge in [0.05, 0.1) is 6.42 Å². The largest absolute Gasteiger partial charge is 0.481 e. The molecule has 0 radical (unpaired) electrons. The molecule has 0 aliphatic carbocycles. The zero-order valence-electron chi connectivity index (χ0n) is 6.26. The zero-order chi connectivity index (χ0) is 10.2. The molecule has 13 heavy (non-hydrogen) atoms. The molecule has 1 rings (SSSR count). The molecular formula is C6H6O7. The van der Waals surface area contributed by atoms with Crippen LogP contribution in [-0.2, 0) is 19.1 Å². The summed E-state index contributed by atoms with van der Waals surface area (Å²) in [6.45, 7) is 0. The predicted octanol–water partition coefficient (Wildman–Crippen LogP) is -1.23. The van der Waals surface area contributed by atoms with Gasteiger partial charge in [0.25, 0.3) is 0 Å². The van der Waals surface area contributed by atoms with Crippen LogP contribution in [-0.4, -0.2) is 44.9 Å². The average Bonchev–Trinajstić information content (AvgIpc) is 2.62. The Morgan fingerprint density at radius 1 is 1.23 bits per heavy atom. The van der Waals surface area contributed by atoms with E-state index in [1.165, 1.54) is 0 Å². The van der Waals surface area contributed by atoms with Crippen LogP contribution < -0.4 is 0 Å². The Hall–Kier alpha value is -1.63. The van der Waals surface area contributed by atoms with Crippen molar-refractivity contribution in [1.29, 1.82) is 0 Å². The van der Waals surface area contributed by atoms with Crippen LogP contribution in [0.25, 0.3) is 0 Å². The molecule has 2 atom stereocenters. The fourth-order valence-electron chi connectivity index (χ4n) is 1.02. The van der Waals surface area contributed by atoms with E-state index in [4.69, 9.17) is 15.3 Å². The Morgan fingerprint density at radius 3 is 2.00 bits per heavy atom. The van der Waals surface area contributed by atoms with Crippen molar-refractivity contribution in [2.24, 2.45) is 0 Å². The van der Waals surface area contributed by atoms with Crippen molar-refractivity contribution >= 4 is 17.9 Å². The number of hydrogen-bond acceptors (Lipinski definition) is 4. The van der Waals surface area contributed by atoms with Crippen LogP contribution in [0.1, 0.15) is 6.42 Å². The molecule has 3 N–H and O–H groups in total. The lowest BCUT2D eigenvalue weighted by atomic mass is 10.0. The normalized spacial score (nSPS) is 30.9. The van der Waals surface area contributed by atoms with E-state index in [1.54, 1.807) is 0 Å². The van der Waals surface area contributed by atoms with Gasteiger partial charge in [-0.15, -0.1) is 0 Å². The first-order valence-electron chi connectivity index (χ1n) is 3.26. The van der Waals surface area contributed by atoms with Gasteiger partial charge < -0.3 is 20.1 Å². The van der Waals surface area contributed by atoms with Gasteiger partial charge >= 0.3 is 17.9 Å². The number of carbonyl (C=O) groups is 3. The molecule has 1 aliphatic rings. The summed E-state index contributed by atoms with van der Waals surface area (Å²) in [5.74, 6) is -4.45. The fraction of sp³-hybridized carbons (Fsp3) is 0.500. The van der Waals surface area contributed by atoms with Crippen molar-refractivity contribution in [2.75, 3.05) is 0 Å². The topological polar surface area (TPSA) is 124 Å². The maximum absolute atomic E-state index is 10.5. The van der Waals surface area contributed by atoms with Crippen molar-refractivity contribution in [3.05, 3.63) is 0 Å². The highest BCUT2D eigenvalue weighted by Gasteiger charge is 2.68. The first-order chi connectivity index (χ1) is 5.90. The summed E-state index contributed by atoms with van der Waals surface area (Å²) in [7, 11) is 0. The van der Waals surface area contributed by atoms with Crippen molar-refractivity contribution in [1.82, 2.24) is 0 Å². The van der Waals surface area contributed by atoms with Crippen molar-refractivity contribution < 1.29 is 34.4 Å². The predicted molar refractivity (Wildman–Crippen MR) is 35.1 cm³/mol. The number of epoxide rings is 1. The smallest absolute Gasteiger partial charge is 0.340 e. The number of carboxylic acids is 3. The van der Waals surface area contributed by atoms with Gasteiger partial charge in [0, 0.05) is 0 Å². The highest BCUT2D eigenvalue weighted by Crippen LogP contribution is 2.40. The van der Waals surface area contributed by atoms with Gasteiger partial charge in [-0.25, -0.2) is 9.59 Å². The summed E-state index contributed by atoms with van der Waals surface area (Å²) < 4.78 is 4.36. The van der Waals surface area contributed by atoms with Gasteiger partial charge in [0.2, 0.25) is 5.60 Å². The molecule has 0 saturated carbocycles. The molecule has 0 amide bonds. The lowest BCUT2D eigenvalue weighted by molar-refractivity contribution is -0.150. The first kappa shape index (κ1) is 9.46. The third-order valence-corrected chi connectivity index (χ3v) is 1.69. The van der Waals surface area contributed by atoms with E-state index in [9.17, 15) is 14.4 Å². The Labute approximate surface area is 71.5 Å². The number of carboxylic acid groups (broad SMARTS) is 3. The Morgan fingerprint density at radius 2 is 1.77 bits per heavy atom. The van der Waals surface area contributed by atoms with Gasteiger partial charge in [-0.2, -0.15) is 0 Å². The van der Waals surface area contributed by atoms with E-state index in [0.717, 1.165) is 0 Å². The van der Waals surface area contributed by atoms with Gasteiger partial charge in [-0.3, -0.25) is 4.79 Å². The van der Waals surface area contributed by atoms with E-state index in [2.05, 4.69) is 4.74 Å². The quantitative estimate of drug-likeness (QED) is 0.474. The van der Waals surface area contributed by atoms with Crippen LogP contribution in [0.3, 0.4) is 0 Å². The van der Waals surface area contributed by atoms with Gasteiger partial charge in [0.15, 0.2) is 6.10 Å². The summed E-state index contributed by atoms with van der Waals surface area (Å²) >= 11 is 0. The van der Waals surface area contributed by atoms with Crippen molar-refractivity contribution in [3.8, 4) is 0 Å². The molecule has 1 saturated heterocycles. The average molecular weight is 190 g/mol. The summed E-state index contributed by atoms with van der Waals surface area (Å²) in [4.78, 5) is 31.0. The summed E-state index contributed by atoms with van der Waals surface area (Å²) in [5, 5.41) is 25.2. The minimum Gasteiger partial charge on any atom is -0.481 e. The minimum absolute atomic E-state index is 0.848. The van der Waals surface area contributed by atoms with Gasteiger partial charge in [-0.1, -0.05) is 0 Å². The van der Waals surface area contributed by atoms with Gasteiger partial charge in [0.1, 0.15) is 0 Å². The second kappa shape index (κ2) is 2.70. The SMILES string of the molecule is O=C(O)C[C@@]1(C(=O)O)O[C@@H]1C(=O)O. The molecule has 7 heteroatoms. The zero-order valence-corrected chi connectivity index (χ0v) is 6.26. The van der Waals surface area contributed by atoms with E-state index in [0.29, 0.717) is 0 Å². The van der Waals surface area contributed by atoms with Crippen LogP contribution in [0.2, 0.25) is 0 Å². The second-order valence-electron chi connectivity index (χ2n) is 2.60. The molecule has 1 aliphatic heterocycles. The monoisotopic (exact) mass is 190 g/mol. The molecule has 1 heterocycles. The van der Waals surface area contributed by atoms with Crippen LogP contribution in [0.4, 0.5) is 0 Å². The fourth-order valence-corrected chi connectivity index (χ4v) is 1.02. The number of aliphatic carboxylic acids is 3. The molecule has 0 bridgehead atoms. The summed E-state index contributed by atoms with van der Waals surface area (Å²) in [5.41, 5.74) is -2.07. The molecule has 1 fully saturated rings. The van der Waals surface area contributed by atoms with Crippen molar-refractivity contribution in [3.63, 3.8) is 0 Å². The molecule has 0 aromatic heterocycles. The highest BCUT2D eigenvalue weighted by atomic mass is 16.7. The summed E-state index contributed by atoms with van der Waals surface area (Å²) in [6.07, 6.45) is -2.40. The third kappa shape index (κ3) is 1.45. The molecule has 0 spiro atoms. The van der Waals surface area contributed by atoms with Crippen LogP contribution in [0.5, 0.6) is 0 Å². The van der Waals surface area contributed by atoms with Gasteiger partial charge in [-0.05, 0) is 0 Å². The van der Waals surface area contributed by atoms with Crippen LogP contribution >= 0.6 is 0 Å². The molecule has 0 unspecified atom stereocenters. The van der Waals surface area contributed by atoms with E-state index >= 15 is 0 Å². The Balaban J connectivity index is 2.77. The first-order valence-corrected chi connectivity index (χ1v) is 3.26. The van der Waals surface area contributed by atoms with E-state index in [1.807, 2.05) is 0 Å². The molecule has 7 nitrogen and oxygen atoms in total. The van der Waals surface area contributed by atoms with Crippen molar-refractivity contribution in [2.45, 2.75) is 18.1 Å². The molecule has 72 valence electrons. The number of rotatable bonds is 4. The minimum atomic E-state index is -2.07. The maximum atomic E-state index is 10.5.